The van der Waals surface area contributed by atoms with Gasteiger partial charge in [0.15, 0.2) is 5.13 Å². The molecule has 0 spiro atoms. The number of alkyl halides is 3. The number of halogens is 3. The van der Waals surface area contributed by atoms with Crippen LogP contribution < -0.4 is 5.32 Å². The van der Waals surface area contributed by atoms with Crippen molar-refractivity contribution in [1.82, 2.24) is 4.98 Å². The van der Waals surface area contributed by atoms with E-state index < -0.39 is 11.7 Å². The van der Waals surface area contributed by atoms with Crippen molar-refractivity contribution in [3.8, 4) is 0 Å². The molecular weight excluding hydrogens is 301 g/mol. The molecule has 2 heterocycles. The van der Waals surface area contributed by atoms with E-state index in [4.69, 9.17) is 4.42 Å². The molecule has 0 aliphatic carbocycles. The molecule has 0 aliphatic heterocycles. The summed E-state index contributed by atoms with van der Waals surface area (Å²) >= 11 is 1.33. The summed E-state index contributed by atoms with van der Waals surface area (Å²) in [6.45, 7) is 0.611. The first kappa shape index (κ1) is 13.9. The number of nitrogens with zero attached hydrogens (tertiary/aromatic N) is 1. The van der Waals surface area contributed by atoms with Gasteiger partial charge in [-0.15, -0.1) is 0 Å². The number of nitrogens with one attached hydrogen (secondary N) is 1. The van der Waals surface area contributed by atoms with Crippen LogP contribution in [0.4, 0.5) is 18.3 Å². The van der Waals surface area contributed by atoms with Crippen LogP contribution in [0.5, 0.6) is 0 Å². The van der Waals surface area contributed by atoms with Crippen molar-refractivity contribution < 1.29 is 17.6 Å². The van der Waals surface area contributed by atoms with Crippen molar-refractivity contribution in [2.75, 3.05) is 11.9 Å². The Morgan fingerprint density at radius 1 is 1.24 bits per heavy atom. The molecule has 0 amide bonds. The molecule has 0 unspecified atom stereocenters. The molecule has 0 radical (unpaired) electrons. The van der Waals surface area contributed by atoms with Crippen molar-refractivity contribution in [2.24, 2.45) is 0 Å². The standard InChI is InChI=1S/C14H11F3N2OS/c15-14(16,17)9-3-4-12-11(8-9)19-13(21-12)18-6-5-10-2-1-7-20-10/h1-4,7-8H,5-6H2,(H,18,19). The van der Waals surface area contributed by atoms with Gasteiger partial charge >= 0.3 is 6.18 Å². The van der Waals surface area contributed by atoms with Crippen LogP contribution in [0.25, 0.3) is 10.2 Å². The molecular formula is C14H11F3N2OS. The molecule has 1 aromatic carbocycles. The zero-order valence-corrected chi connectivity index (χ0v) is 11.6. The second-order valence-electron chi connectivity index (χ2n) is 4.46. The Morgan fingerprint density at radius 2 is 2.10 bits per heavy atom. The Balaban J connectivity index is 1.72. The maximum Gasteiger partial charge on any atom is 0.416 e. The van der Waals surface area contributed by atoms with E-state index >= 15 is 0 Å². The Morgan fingerprint density at radius 3 is 2.81 bits per heavy atom. The minimum absolute atomic E-state index is 0.357. The molecule has 0 saturated carbocycles. The third kappa shape index (κ3) is 3.18. The van der Waals surface area contributed by atoms with Crippen LogP contribution in [0.15, 0.2) is 41.0 Å². The molecule has 0 atom stereocenters. The number of hydrogen-bond donors (Lipinski definition) is 1. The molecule has 3 nitrogen and oxygen atoms in total. The maximum atomic E-state index is 12.6. The third-order valence-electron chi connectivity index (χ3n) is 2.94. The van der Waals surface area contributed by atoms with Gasteiger partial charge in [-0.05, 0) is 30.3 Å². The number of rotatable bonds is 4. The summed E-state index contributed by atoms with van der Waals surface area (Å²) in [5, 5.41) is 3.70. The largest absolute Gasteiger partial charge is 0.469 e. The number of furan rings is 1. The van der Waals surface area contributed by atoms with Crippen LogP contribution in [0.2, 0.25) is 0 Å². The quantitative estimate of drug-likeness (QED) is 0.767. The first-order chi connectivity index (χ1) is 10.0. The highest BCUT2D eigenvalue weighted by Gasteiger charge is 2.30. The van der Waals surface area contributed by atoms with Gasteiger partial charge in [0.25, 0.3) is 0 Å². The summed E-state index contributed by atoms with van der Waals surface area (Å²) in [4.78, 5) is 4.18. The molecule has 3 rings (SSSR count). The smallest absolute Gasteiger partial charge is 0.416 e. The van der Waals surface area contributed by atoms with Gasteiger partial charge in [0.1, 0.15) is 5.76 Å². The van der Waals surface area contributed by atoms with Crippen LogP contribution in [0.1, 0.15) is 11.3 Å². The highest BCUT2D eigenvalue weighted by atomic mass is 32.1. The minimum atomic E-state index is -4.34. The number of fused-ring (bicyclic) bond motifs is 1. The lowest BCUT2D eigenvalue weighted by atomic mass is 10.2. The van der Waals surface area contributed by atoms with Gasteiger partial charge in [-0.2, -0.15) is 13.2 Å². The summed E-state index contributed by atoms with van der Waals surface area (Å²) in [5.41, 5.74) is -0.322. The average molecular weight is 312 g/mol. The number of thiazole rings is 1. The minimum Gasteiger partial charge on any atom is -0.469 e. The lowest BCUT2D eigenvalue weighted by Gasteiger charge is -2.04. The fourth-order valence-electron chi connectivity index (χ4n) is 1.93. The van der Waals surface area contributed by atoms with E-state index in [-0.39, 0.29) is 0 Å². The Labute approximate surface area is 122 Å². The van der Waals surface area contributed by atoms with E-state index in [2.05, 4.69) is 10.3 Å². The molecule has 110 valence electrons. The second kappa shape index (κ2) is 5.40. The molecule has 0 bridgehead atoms. The van der Waals surface area contributed by atoms with Gasteiger partial charge in [0.2, 0.25) is 0 Å². The normalized spacial score (nSPS) is 12.0. The van der Waals surface area contributed by atoms with E-state index in [0.717, 1.165) is 22.6 Å². The van der Waals surface area contributed by atoms with Gasteiger partial charge in [-0.3, -0.25) is 0 Å². The fraction of sp³-hybridized carbons (Fsp3) is 0.214. The third-order valence-corrected chi connectivity index (χ3v) is 3.94. The molecule has 1 N–H and O–H groups in total. The van der Waals surface area contributed by atoms with Crippen molar-refractivity contribution >= 4 is 26.7 Å². The summed E-state index contributed by atoms with van der Waals surface area (Å²) in [6, 6.07) is 7.28. The zero-order chi connectivity index (χ0) is 14.9. The summed E-state index contributed by atoms with van der Waals surface area (Å²) in [6.07, 6.45) is -2.05. The molecule has 0 fully saturated rings. The molecule has 0 aliphatic rings. The van der Waals surface area contributed by atoms with Crippen LogP contribution in [0.3, 0.4) is 0 Å². The van der Waals surface area contributed by atoms with Crippen molar-refractivity contribution in [3.05, 3.63) is 47.9 Å². The first-order valence-electron chi connectivity index (χ1n) is 6.26. The van der Waals surface area contributed by atoms with Crippen molar-refractivity contribution in [2.45, 2.75) is 12.6 Å². The van der Waals surface area contributed by atoms with Gasteiger partial charge in [0, 0.05) is 13.0 Å². The Kier molecular flexibility index (Phi) is 3.59. The SMILES string of the molecule is FC(F)(F)c1ccc2sc(NCCc3ccco3)nc2c1. The van der Waals surface area contributed by atoms with Crippen molar-refractivity contribution in [3.63, 3.8) is 0 Å². The van der Waals surface area contributed by atoms with Gasteiger partial charge in [-0.25, -0.2) is 4.98 Å². The summed E-state index contributed by atoms with van der Waals surface area (Å²) in [5.74, 6) is 0.850. The van der Waals surface area contributed by atoms with E-state index in [1.807, 2.05) is 12.1 Å². The van der Waals surface area contributed by atoms with Gasteiger partial charge < -0.3 is 9.73 Å². The van der Waals surface area contributed by atoms with Gasteiger partial charge in [0.05, 0.1) is 22.0 Å². The lowest BCUT2D eigenvalue weighted by molar-refractivity contribution is -0.137. The lowest BCUT2D eigenvalue weighted by Crippen LogP contribution is -2.04. The van der Waals surface area contributed by atoms with E-state index in [9.17, 15) is 13.2 Å². The summed E-state index contributed by atoms with van der Waals surface area (Å²) < 4.78 is 43.8. The predicted molar refractivity (Wildman–Crippen MR) is 75.5 cm³/mol. The van der Waals surface area contributed by atoms with Gasteiger partial charge in [-0.1, -0.05) is 11.3 Å². The average Bonchev–Trinajstić information content (AvgIpc) is 3.05. The van der Waals surface area contributed by atoms with Crippen molar-refractivity contribution in [1.29, 1.82) is 0 Å². The molecule has 0 saturated heterocycles. The number of aromatic nitrogens is 1. The monoisotopic (exact) mass is 312 g/mol. The molecule has 21 heavy (non-hydrogen) atoms. The number of anilines is 1. The van der Waals surface area contributed by atoms with E-state index in [0.29, 0.717) is 23.6 Å². The summed E-state index contributed by atoms with van der Waals surface area (Å²) in [7, 11) is 0. The highest BCUT2D eigenvalue weighted by molar-refractivity contribution is 7.22. The predicted octanol–water partition coefficient (Wildman–Crippen LogP) is 4.56. The topological polar surface area (TPSA) is 38.1 Å². The van der Waals surface area contributed by atoms with Crippen LogP contribution >= 0.6 is 11.3 Å². The number of benzene rings is 1. The molecule has 2 aromatic heterocycles. The molecule has 3 aromatic rings. The highest BCUT2D eigenvalue weighted by Crippen LogP contribution is 2.33. The number of hydrogen-bond acceptors (Lipinski definition) is 4. The van der Waals surface area contributed by atoms with E-state index in [1.54, 1.807) is 6.26 Å². The zero-order valence-electron chi connectivity index (χ0n) is 10.8. The second-order valence-corrected chi connectivity index (χ2v) is 5.49. The fourth-order valence-corrected chi connectivity index (χ4v) is 2.80. The molecule has 7 heteroatoms. The van der Waals surface area contributed by atoms with Crippen LogP contribution in [-0.4, -0.2) is 11.5 Å². The Bertz CT molecular complexity index is 734. The van der Waals surface area contributed by atoms with Crippen LogP contribution in [0, 0.1) is 0 Å². The first-order valence-corrected chi connectivity index (χ1v) is 7.08. The Hall–Kier alpha value is -2.02. The van der Waals surface area contributed by atoms with E-state index in [1.165, 1.54) is 17.4 Å². The maximum absolute atomic E-state index is 12.6. The van der Waals surface area contributed by atoms with Crippen LogP contribution in [-0.2, 0) is 12.6 Å².